The first-order valence-electron chi connectivity index (χ1n) is 7.79. The van der Waals surface area contributed by atoms with Crippen LogP contribution in [0.2, 0.25) is 0 Å². The highest BCUT2D eigenvalue weighted by molar-refractivity contribution is 5.85. The molecule has 0 N–H and O–H groups in total. The van der Waals surface area contributed by atoms with Gasteiger partial charge in [0.2, 0.25) is 0 Å². The normalized spacial score (nSPS) is 15.0. The van der Waals surface area contributed by atoms with Gasteiger partial charge in [0, 0.05) is 24.9 Å². The predicted octanol–water partition coefficient (Wildman–Crippen LogP) is 3.14. The van der Waals surface area contributed by atoms with Gasteiger partial charge in [0.25, 0.3) is 0 Å². The second-order valence-electron chi connectivity index (χ2n) is 5.88. The maximum Gasteiger partial charge on any atom is 0.132 e. The number of ether oxygens (including phenoxy) is 1. The smallest absolute Gasteiger partial charge is 0.132 e. The summed E-state index contributed by atoms with van der Waals surface area (Å²) in [4.78, 5) is 7.22. The molecule has 1 aliphatic rings. The maximum atomic E-state index is 8.93. The summed E-state index contributed by atoms with van der Waals surface area (Å²) in [6.45, 7) is 7.44. The number of benzene rings is 1. The summed E-state index contributed by atoms with van der Waals surface area (Å²) in [5, 5.41) is 10.1. The SMILES string of the molecule is Cc1cc(C)c2cc(CCC#N)c(N3CCOCC3)nc2c1. The first kappa shape index (κ1) is 14.8. The van der Waals surface area contributed by atoms with E-state index in [-0.39, 0.29) is 0 Å². The summed E-state index contributed by atoms with van der Waals surface area (Å²) in [6.07, 6.45) is 1.27. The molecule has 0 spiro atoms. The molecule has 0 bridgehead atoms. The molecule has 1 aliphatic heterocycles. The van der Waals surface area contributed by atoms with Crippen molar-refractivity contribution in [2.75, 3.05) is 31.2 Å². The Bertz CT molecular complexity index is 727. The molecule has 4 heteroatoms. The summed E-state index contributed by atoms with van der Waals surface area (Å²) in [5.41, 5.74) is 4.69. The van der Waals surface area contributed by atoms with Gasteiger partial charge in [-0.2, -0.15) is 5.26 Å². The minimum Gasteiger partial charge on any atom is -0.378 e. The zero-order valence-corrected chi connectivity index (χ0v) is 13.2. The molecule has 1 aromatic heterocycles. The number of fused-ring (bicyclic) bond motifs is 1. The third-order valence-corrected chi connectivity index (χ3v) is 4.16. The fourth-order valence-electron chi connectivity index (χ4n) is 3.08. The lowest BCUT2D eigenvalue weighted by Crippen LogP contribution is -2.37. The molecule has 0 radical (unpaired) electrons. The maximum absolute atomic E-state index is 8.93. The second-order valence-corrected chi connectivity index (χ2v) is 5.88. The van der Waals surface area contributed by atoms with Gasteiger partial charge in [-0.25, -0.2) is 4.98 Å². The van der Waals surface area contributed by atoms with Crippen molar-refractivity contribution >= 4 is 16.7 Å². The van der Waals surface area contributed by atoms with Gasteiger partial charge in [-0.15, -0.1) is 0 Å². The molecule has 0 saturated carbocycles. The molecule has 0 amide bonds. The van der Waals surface area contributed by atoms with Crippen molar-refractivity contribution < 1.29 is 4.74 Å². The Morgan fingerprint density at radius 2 is 2.00 bits per heavy atom. The molecule has 114 valence electrons. The van der Waals surface area contributed by atoms with E-state index in [1.165, 1.54) is 22.1 Å². The third-order valence-electron chi connectivity index (χ3n) is 4.16. The average molecular weight is 295 g/mol. The second kappa shape index (κ2) is 6.33. The molecule has 1 aromatic carbocycles. The van der Waals surface area contributed by atoms with E-state index in [2.05, 4.69) is 43.0 Å². The monoisotopic (exact) mass is 295 g/mol. The number of aryl methyl sites for hydroxylation is 3. The van der Waals surface area contributed by atoms with Gasteiger partial charge in [-0.05, 0) is 49.1 Å². The number of aromatic nitrogens is 1. The largest absolute Gasteiger partial charge is 0.378 e. The molecule has 4 nitrogen and oxygen atoms in total. The molecular weight excluding hydrogens is 274 g/mol. The molecule has 0 unspecified atom stereocenters. The summed E-state index contributed by atoms with van der Waals surface area (Å²) in [5.74, 6) is 1.02. The molecule has 3 rings (SSSR count). The lowest BCUT2D eigenvalue weighted by molar-refractivity contribution is 0.122. The van der Waals surface area contributed by atoms with Crippen LogP contribution in [0, 0.1) is 25.2 Å². The van der Waals surface area contributed by atoms with E-state index in [0.717, 1.165) is 44.1 Å². The summed E-state index contributed by atoms with van der Waals surface area (Å²) in [7, 11) is 0. The minimum absolute atomic E-state index is 0.523. The fraction of sp³-hybridized carbons (Fsp3) is 0.444. The van der Waals surface area contributed by atoms with Crippen molar-refractivity contribution in [3.8, 4) is 6.07 Å². The van der Waals surface area contributed by atoms with Crippen LogP contribution in [0.1, 0.15) is 23.1 Å². The van der Waals surface area contributed by atoms with Gasteiger partial charge >= 0.3 is 0 Å². The van der Waals surface area contributed by atoms with Crippen molar-refractivity contribution in [1.29, 1.82) is 5.26 Å². The number of anilines is 1. The molecule has 2 aromatic rings. The van der Waals surface area contributed by atoms with E-state index in [1.54, 1.807) is 0 Å². The summed E-state index contributed by atoms with van der Waals surface area (Å²) < 4.78 is 5.45. The molecule has 0 atom stereocenters. The fourth-order valence-corrected chi connectivity index (χ4v) is 3.08. The summed E-state index contributed by atoms with van der Waals surface area (Å²) >= 11 is 0. The number of rotatable bonds is 3. The highest BCUT2D eigenvalue weighted by Gasteiger charge is 2.17. The van der Waals surface area contributed by atoms with E-state index in [9.17, 15) is 0 Å². The highest BCUT2D eigenvalue weighted by atomic mass is 16.5. The average Bonchev–Trinajstić information content (AvgIpc) is 2.53. The summed E-state index contributed by atoms with van der Waals surface area (Å²) in [6, 6.07) is 8.79. The number of nitrogens with zero attached hydrogens (tertiary/aromatic N) is 3. The lowest BCUT2D eigenvalue weighted by Gasteiger charge is -2.30. The van der Waals surface area contributed by atoms with Crippen molar-refractivity contribution in [2.24, 2.45) is 0 Å². The number of hydrogen-bond acceptors (Lipinski definition) is 4. The first-order chi connectivity index (χ1) is 10.7. The number of nitriles is 1. The zero-order chi connectivity index (χ0) is 15.5. The van der Waals surface area contributed by atoms with Crippen molar-refractivity contribution in [3.63, 3.8) is 0 Å². The van der Waals surface area contributed by atoms with Gasteiger partial charge in [0.05, 0.1) is 24.8 Å². The third kappa shape index (κ3) is 2.90. The molecule has 1 saturated heterocycles. The Morgan fingerprint density at radius 1 is 1.23 bits per heavy atom. The van der Waals surface area contributed by atoms with Crippen molar-refractivity contribution in [3.05, 3.63) is 34.9 Å². The Labute approximate surface area is 131 Å². The van der Waals surface area contributed by atoms with Gasteiger partial charge in [-0.1, -0.05) is 6.07 Å². The molecule has 22 heavy (non-hydrogen) atoms. The molecule has 0 aliphatic carbocycles. The van der Waals surface area contributed by atoms with Crippen LogP contribution in [0.4, 0.5) is 5.82 Å². The Balaban J connectivity index is 2.12. The van der Waals surface area contributed by atoms with Crippen LogP contribution in [0.25, 0.3) is 10.9 Å². The predicted molar refractivity (Wildman–Crippen MR) is 88.2 cm³/mol. The number of pyridine rings is 1. The molecule has 2 heterocycles. The Kier molecular flexibility index (Phi) is 4.26. The first-order valence-corrected chi connectivity index (χ1v) is 7.79. The standard InChI is InChI=1S/C18H21N3O/c1-13-10-14(2)16-12-15(4-3-5-19)18(20-17(16)11-13)21-6-8-22-9-7-21/h10-12H,3-4,6-9H2,1-2H3. The van der Waals surface area contributed by atoms with Crippen LogP contribution in [0.15, 0.2) is 18.2 Å². The number of hydrogen-bond donors (Lipinski definition) is 0. The van der Waals surface area contributed by atoms with E-state index in [4.69, 9.17) is 15.0 Å². The molecule has 1 fully saturated rings. The van der Waals surface area contributed by atoms with Crippen LogP contribution in [0.5, 0.6) is 0 Å². The number of morpholine rings is 1. The van der Waals surface area contributed by atoms with E-state index < -0.39 is 0 Å². The van der Waals surface area contributed by atoms with Crippen LogP contribution in [-0.4, -0.2) is 31.3 Å². The van der Waals surface area contributed by atoms with Gasteiger partial charge in [0.1, 0.15) is 5.82 Å². The zero-order valence-electron chi connectivity index (χ0n) is 13.2. The van der Waals surface area contributed by atoms with Gasteiger partial charge < -0.3 is 9.64 Å². The van der Waals surface area contributed by atoms with Gasteiger partial charge in [0.15, 0.2) is 0 Å². The minimum atomic E-state index is 0.523. The lowest BCUT2D eigenvalue weighted by atomic mass is 10.0. The molecular formula is C18H21N3O. The quantitative estimate of drug-likeness (QED) is 0.873. The Hall–Kier alpha value is -2.12. The topological polar surface area (TPSA) is 49.2 Å². The van der Waals surface area contributed by atoms with Crippen LogP contribution in [0.3, 0.4) is 0 Å². The van der Waals surface area contributed by atoms with Crippen LogP contribution in [-0.2, 0) is 11.2 Å². The van der Waals surface area contributed by atoms with E-state index >= 15 is 0 Å². The van der Waals surface area contributed by atoms with Gasteiger partial charge in [-0.3, -0.25) is 0 Å². The Morgan fingerprint density at radius 3 is 2.73 bits per heavy atom. The van der Waals surface area contributed by atoms with E-state index in [1.807, 2.05) is 0 Å². The van der Waals surface area contributed by atoms with Crippen molar-refractivity contribution in [1.82, 2.24) is 4.98 Å². The highest BCUT2D eigenvalue weighted by Crippen LogP contribution is 2.28. The van der Waals surface area contributed by atoms with E-state index in [0.29, 0.717) is 6.42 Å². The van der Waals surface area contributed by atoms with Crippen LogP contribution >= 0.6 is 0 Å². The van der Waals surface area contributed by atoms with Crippen molar-refractivity contribution in [2.45, 2.75) is 26.7 Å². The van der Waals surface area contributed by atoms with Crippen LogP contribution < -0.4 is 4.90 Å².